The molecule has 1 rings (SSSR count). The van der Waals surface area contributed by atoms with Gasteiger partial charge in [-0.3, -0.25) is 0 Å². The van der Waals surface area contributed by atoms with E-state index in [4.69, 9.17) is 16.3 Å². The number of hydrogen-bond acceptors (Lipinski definition) is 3. The fraction of sp³-hybridized carbons (Fsp3) is 0.231. The normalized spacial score (nSPS) is 11.1. The van der Waals surface area contributed by atoms with Gasteiger partial charge in [-0.05, 0) is 30.2 Å². The molecule has 0 aliphatic rings. The van der Waals surface area contributed by atoms with Gasteiger partial charge in [-0.2, -0.15) is 0 Å². The number of halogens is 1. The molecule has 96 valence electrons. The van der Waals surface area contributed by atoms with Gasteiger partial charge in [0.05, 0.1) is 6.21 Å². The number of benzene rings is 1. The van der Waals surface area contributed by atoms with Gasteiger partial charge in [0.15, 0.2) is 6.34 Å². The van der Waals surface area contributed by atoms with E-state index in [0.29, 0.717) is 10.8 Å². The van der Waals surface area contributed by atoms with Gasteiger partial charge in [0.25, 0.3) is 0 Å². The van der Waals surface area contributed by atoms with Crippen LogP contribution in [0.5, 0.6) is 5.75 Å². The zero-order valence-electron chi connectivity index (χ0n) is 10.4. The molecule has 0 saturated carbocycles. The average molecular weight is 267 g/mol. The van der Waals surface area contributed by atoms with Crippen LogP contribution in [-0.4, -0.2) is 19.7 Å². The summed E-state index contributed by atoms with van der Waals surface area (Å²) in [6.45, 7) is 5.77. The Bertz CT molecular complexity index is 470. The third-order valence-corrected chi connectivity index (χ3v) is 2.32. The molecule has 4 nitrogen and oxygen atoms in total. The van der Waals surface area contributed by atoms with Gasteiger partial charge >= 0.3 is 0 Å². The maximum atomic E-state index is 5.91. The third kappa shape index (κ3) is 4.59. The lowest BCUT2D eigenvalue weighted by Gasteiger charge is -2.09. The molecule has 0 fully saturated rings. The summed E-state index contributed by atoms with van der Waals surface area (Å²) in [7, 11) is 1.44. The summed E-state index contributed by atoms with van der Waals surface area (Å²) in [5, 5.41) is 4.14. The largest absolute Gasteiger partial charge is 0.456 e. The van der Waals surface area contributed by atoms with Crippen molar-refractivity contribution in [3.8, 4) is 5.75 Å². The first-order valence-corrected chi connectivity index (χ1v) is 5.78. The summed E-state index contributed by atoms with van der Waals surface area (Å²) in [6.07, 6.45) is 3.54. The number of nitrogens with zero attached hydrogens (tertiary/aromatic N) is 2. The molecule has 0 aromatic heterocycles. The monoisotopic (exact) mass is 266 g/mol. The van der Waals surface area contributed by atoms with Gasteiger partial charge in [0.1, 0.15) is 18.6 Å². The van der Waals surface area contributed by atoms with E-state index in [-0.39, 0.29) is 0 Å². The predicted molar refractivity (Wildman–Crippen MR) is 74.6 cm³/mol. The highest BCUT2D eigenvalue weighted by Crippen LogP contribution is 2.24. The van der Waals surface area contributed by atoms with Crippen molar-refractivity contribution in [2.45, 2.75) is 13.3 Å². The first-order chi connectivity index (χ1) is 8.67. The van der Waals surface area contributed by atoms with Gasteiger partial charge in [-0.25, -0.2) is 4.99 Å². The van der Waals surface area contributed by atoms with Gasteiger partial charge in [0.2, 0.25) is 0 Å². The zero-order chi connectivity index (χ0) is 13.4. The lowest BCUT2D eigenvalue weighted by atomic mass is 10.1. The molecule has 18 heavy (non-hydrogen) atoms. The molecule has 0 aliphatic heterocycles. The van der Waals surface area contributed by atoms with E-state index in [2.05, 4.69) is 21.6 Å². The number of hydrogen-bond donors (Lipinski definition) is 0. The molecule has 0 spiro atoms. The summed E-state index contributed by atoms with van der Waals surface area (Å²) >= 11 is 5.91. The number of ether oxygens (including phenoxy) is 1. The van der Waals surface area contributed by atoms with Crippen LogP contribution in [0.2, 0.25) is 5.02 Å². The Morgan fingerprint density at radius 3 is 2.94 bits per heavy atom. The maximum Gasteiger partial charge on any atom is 0.154 e. The molecule has 1 aromatic carbocycles. The van der Waals surface area contributed by atoms with Crippen molar-refractivity contribution in [1.82, 2.24) is 0 Å². The van der Waals surface area contributed by atoms with Crippen molar-refractivity contribution in [3.05, 3.63) is 41.1 Å². The highest BCUT2D eigenvalue weighted by molar-refractivity contribution is 6.30. The van der Waals surface area contributed by atoms with Crippen molar-refractivity contribution < 1.29 is 9.57 Å². The molecule has 0 radical (unpaired) electrons. The summed E-state index contributed by atoms with van der Waals surface area (Å²) < 4.78 is 5.57. The van der Waals surface area contributed by atoms with Crippen molar-refractivity contribution in [2.24, 2.45) is 10.1 Å². The van der Waals surface area contributed by atoms with Crippen LogP contribution in [0, 0.1) is 0 Å². The highest BCUT2D eigenvalue weighted by Gasteiger charge is 2.03. The number of allylic oxidation sites excluding steroid dienone is 1. The molecule has 5 heteroatoms. The molecule has 0 bridgehead atoms. The average Bonchev–Trinajstić information content (AvgIpc) is 2.37. The number of rotatable bonds is 6. The van der Waals surface area contributed by atoms with E-state index in [9.17, 15) is 0 Å². The minimum absolute atomic E-state index is 0.412. The molecule has 0 amide bonds. The highest BCUT2D eigenvalue weighted by atomic mass is 35.5. The van der Waals surface area contributed by atoms with Crippen LogP contribution in [0.4, 0.5) is 0 Å². The summed E-state index contributed by atoms with van der Waals surface area (Å²) in [5.41, 5.74) is 1.02. The van der Waals surface area contributed by atoms with Crippen molar-refractivity contribution in [3.63, 3.8) is 0 Å². The lowest BCUT2D eigenvalue weighted by molar-refractivity contribution is 0.215. The van der Waals surface area contributed by atoms with Crippen molar-refractivity contribution >= 4 is 24.2 Å². The lowest BCUT2D eigenvalue weighted by Crippen LogP contribution is -1.98. The van der Waals surface area contributed by atoms with Crippen LogP contribution in [0.15, 0.2) is 40.7 Å². The predicted octanol–water partition coefficient (Wildman–Crippen LogP) is 3.46. The smallest absolute Gasteiger partial charge is 0.154 e. The van der Waals surface area contributed by atoms with Crippen molar-refractivity contribution in [2.75, 3.05) is 7.11 Å². The molecule has 0 aliphatic carbocycles. The van der Waals surface area contributed by atoms with Crippen LogP contribution in [-0.2, 0) is 11.3 Å². The summed E-state index contributed by atoms with van der Waals surface area (Å²) in [6, 6.07) is 5.45. The van der Waals surface area contributed by atoms with E-state index in [0.717, 1.165) is 17.7 Å². The summed E-state index contributed by atoms with van der Waals surface area (Å²) in [4.78, 5) is 8.30. The molecule has 1 aromatic rings. The first kappa shape index (κ1) is 14.3. The van der Waals surface area contributed by atoms with E-state index in [1.54, 1.807) is 6.07 Å². The number of aliphatic imine (C=N–C) groups is 1. The second kappa shape index (κ2) is 7.50. The molecule has 0 saturated heterocycles. The van der Waals surface area contributed by atoms with Gasteiger partial charge in [0, 0.05) is 5.02 Å². The van der Waals surface area contributed by atoms with E-state index in [1.807, 2.05) is 19.1 Å². The Labute approximate surface area is 112 Å². The van der Waals surface area contributed by atoms with E-state index >= 15 is 0 Å². The maximum absolute atomic E-state index is 5.91. The minimum Gasteiger partial charge on any atom is -0.456 e. The first-order valence-electron chi connectivity index (χ1n) is 5.40. The second-order valence-corrected chi connectivity index (χ2v) is 3.79. The second-order valence-electron chi connectivity index (χ2n) is 3.36. The standard InChI is InChI=1S/C13H15ClN2O2/c1-4-11-7-12(14)5-6-13(11)18-10(2)8-15-9-16-17-3/h5-9H,2,4H2,1,3H3/b15-8-,16-9+. The Kier molecular flexibility index (Phi) is 5.94. The SMILES string of the molecule is C=C(/C=N\C=N\OC)Oc1ccc(Cl)cc1CC. The Morgan fingerprint density at radius 2 is 2.28 bits per heavy atom. The van der Waals surface area contributed by atoms with E-state index in [1.165, 1.54) is 19.7 Å². The molecule has 0 heterocycles. The zero-order valence-corrected chi connectivity index (χ0v) is 11.1. The van der Waals surface area contributed by atoms with Crippen LogP contribution in [0.3, 0.4) is 0 Å². The summed E-state index contributed by atoms with van der Waals surface area (Å²) in [5.74, 6) is 1.14. The molecular weight excluding hydrogens is 252 g/mol. The molecular formula is C13H15ClN2O2. The number of oxime groups is 1. The van der Waals surface area contributed by atoms with Crippen LogP contribution in [0.1, 0.15) is 12.5 Å². The fourth-order valence-electron chi connectivity index (χ4n) is 1.28. The fourth-order valence-corrected chi connectivity index (χ4v) is 1.48. The molecule has 0 N–H and O–H groups in total. The van der Waals surface area contributed by atoms with Crippen molar-refractivity contribution in [1.29, 1.82) is 0 Å². The third-order valence-electron chi connectivity index (χ3n) is 2.08. The van der Waals surface area contributed by atoms with E-state index < -0.39 is 0 Å². The van der Waals surface area contributed by atoms with Gasteiger partial charge in [-0.15, -0.1) is 0 Å². The topological polar surface area (TPSA) is 43.2 Å². The number of aryl methyl sites for hydroxylation is 1. The minimum atomic E-state index is 0.412. The van der Waals surface area contributed by atoms with Crippen LogP contribution in [0.25, 0.3) is 0 Å². The van der Waals surface area contributed by atoms with Gasteiger partial charge < -0.3 is 9.57 Å². The Balaban J connectivity index is 2.70. The van der Waals surface area contributed by atoms with Crippen LogP contribution < -0.4 is 4.74 Å². The molecule has 0 unspecified atom stereocenters. The Hall–Kier alpha value is -1.81. The quantitative estimate of drug-likeness (QED) is 0.343. The van der Waals surface area contributed by atoms with Gasteiger partial charge in [-0.1, -0.05) is 30.3 Å². The Morgan fingerprint density at radius 1 is 1.50 bits per heavy atom. The van der Waals surface area contributed by atoms with Crippen LogP contribution >= 0.6 is 11.6 Å². The molecule has 0 atom stereocenters.